The van der Waals surface area contributed by atoms with Gasteiger partial charge >= 0.3 is 0 Å². The number of hydrogen-bond donors (Lipinski definition) is 2. The molecule has 0 saturated carbocycles. The molecule has 8 heteroatoms. The van der Waals surface area contributed by atoms with E-state index in [1.165, 1.54) is 25.2 Å². The summed E-state index contributed by atoms with van der Waals surface area (Å²) < 4.78 is 45.4. The van der Waals surface area contributed by atoms with Crippen LogP contribution in [0, 0.1) is 12.7 Å². The Morgan fingerprint density at radius 2 is 1.73 bits per heavy atom. The number of rotatable bonds is 7. The highest BCUT2D eigenvalue weighted by Gasteiger charge is 2.17. The van der Waals surface area contributed by atoms with Crippen LogP contribution in [0.3, 0.4) is 0 Å². The van der Waals surface area contributed by atoms with Crippen molar-refractivity contribution in [3.8, 4) is 5.75 Å². The van der Waals surface area contributed by atoms with Gasteiger partial charge in [0.1, 0.15) is 18.2 Å². The molecule has 3 aromatic rings. The van der Waals surface area contributed by atoms with E-state index >= 15 is 0 Å². The van der Waals surface area contributed by atoms with Gasteiger partial charge < -0.3 is 10.1 Å². The highest BCUT2D eigenvalue weighted by atomic mass is 32.2. The zero-order chi connectivity index (χ0) is 21.7. The molecule has 0 aliphatic carbocycles. The van der Waals surface area contributed by atoms with Crippen molar-refractivity contribution in [2.24, 2.45) is 0 Å². The molecule has 3 aromatic carbocycles. The maximum Gasteiger partial charge on any atom is 0.259 e. The van der Waals surface area contributed by atoms with Crippen LogP contribution in [0.25, 0.3) is 0 Å². The van der Waals surface area contributed by atoms with Crippen LogP contribution >= 0.6 is 0 Å². The first-order valence-electron chi connectivity index (χ1n) is 9.12. The van der Waals surface area contributed by atoms with Crippen molar-refractivity contribution in [1.82, 2.24) is 4.72 Å². The molecule has 30 heavy (non-hydrogen) atoms. The van der Waals surface area contributed by atoms with Gasteiger partial charge in [-0.05, 0) is 61.5 Å². The van der Waals surface area contributed by atoms with Gasteiger partial charge in [0.15, 0.2) is 0 Å². The second-order valence-corrected chi connectivity index (χ2v) is 8.41. The summed E-state index contributed by atoms with van der Waals surface area (Å²) in [5.41, 5.74) is 1.95. The van der Waals surface area contributed by atoms with E-state index in [1.54, 1.807) is 55.5 Å². The topological polar surface area (TPSA) is 84.5 Å². The molecule has 0 spiro atoms. The molecule has 0 aliphatic rings. The van der Waals surface area contributed by atoms with Crippen molar-refractivity contribution in [1.29, 1.82) is 0 Å². The van der Waals surface area contributed by atoms with E-state index in [4.69, 9.17) is 4.74 Å². The van der Waals surface area contributed by atoms with Crippen molar-refractivity contribution in [2.45, 2.75) is 18.4 Å². The van der Waals surface area contributed by atoms with Crippen LogP contribution in [-0.2, 0) is 16.6 Å². The fourth-order valence-electron chi connectivity index (χ4n) is 2.80. The summed E-state index contributed by atoms with van der Waals surface area (Å²) >= 11 is 0. The van der Waals surface area contributed by atoms with Gasteiger partial charge in [-0.1, -0.05) is 30.3 Å². The number of aryl methyl sites for hydroxylation is 1. The zero-order valence-electron chi connectivity index (χ0n) is 16.5. The first-order chi connectivity index (χ1) is 14.3. The Morgan fingerprint density at radius 3 is 2.43 bits per heavy atom. The van der Waals surface area contributed by atoms with Crippen LogP contribution in [0.1, 0.15) is 21.5 Å². The Balaban J connectivity index is 1.79. The Hall–Kier alpha value is -3.23. The van der Waals surface area contributed by atoms with Crippen LogP contribution in [0.2, 0.25) is 0 Å². The lowest BCUT2D eigenvalue weighted by molar-refractivity contribution is 0.102. The summed E-state index contributed by atoms with van der Waals surface area (Å²) in [6, 6.07) is 17.2. The molecule has 0 atom stereocenters. The average molecular weight is 428 g/mol. The van der Waals surface area contributed by atoms with E-state index in [0.717, 1.165) is 5.56 Å². The number of hydrogen-bond acceptors (Lipinski definition) is 4. The average Bonchev–Trinajstić information content (AvgIpc) is 2.74. The molecule has 0 saturated heterocycles. The molecule has 6 nitrogen and oxygen atoms in total. The van der Waals surface area contributed by atoms with Gasteiger partial charge in [0.05, 0.1) is 10.5 Å². The van der Waals surface area contributed by atoms with E-state index < -0.39 is 15.9 Å². The number of sulfonamides is 1. The van der Waals surface area contributed by atoms with E-state index in [9.17, 15) is 17.6 Å². The summed E-state index contributed by atoms with van der Waals surface area (Å²) in [5.74, 6) is -0.424. The van der Waals surface area contributed by atoms with E-state index in [0.29, 0.717) is 22.6 Å². The normalized spacial score (nSPS) is 11.2. The molecule has 0 radical (unpaired) electrons. The minimum absolute atomic E-state index is 0.0867. The zero-order valence-corrected chi connectivity index (χ0v) is 17.3. The van der Waals surface area contributed by atoms with Gasteiger partial charge in [-0.25, -0.2) is 17.5 Å². The molecule has 0 aromatic heterocycles. The van der Waals surface area contributed by atoms with Gasteiger partial charge in [-0.2, -0.15) is 0 Å². The summed E-state index contributed by atoms with van der Waals surface area (Å²) in [6.45, 7) is 1.84. The summed E-state index contributed by atoms with van der Waals surface area (Å²) in [5, 5.41) is 2.71. The van der Waals surface area contributed by atoms with Gasteiger partial charge in [-0.3, -0.25) is 4.79 Å². The molecule has 0 unspecified atom stereocenters. The van der Waals surface area contributed by atoms with E-state index in [1.807, 2.05) is 0 Å². The first kappa shape index (κ1) is 21.5. The van der Waals surface area contributed by atoms with E-state index in [-0.39, 0.29) is 17.3 Å². The van der Waals surface area contributed by atoms with E-state index in [2.05, 4.69) is 10.0 Å². The Morgan fingerprint density at radius 1 is 1.03 bits per heavy atom. The number of carbonyl (C=O) groups excluding carboxylic acids is 1. The minimum atomic E-state index is -3.65. The van der Waals surface area contributed by atoms with Gasteiger partial charge in [-0.15, -0.1) is 0 Å². The third kappa shape index (κ3) is 5.03. The predicted molar refractivity (Wildman–Crippen MR) is 113 cm³/mol. The number of carbonyl (C=O) groups is 1. The smallest absolute Gasteiger partial charge is 0.259 e. The molecule has 3 rings (SSSR count). The van der Waals surface area contributed by atoms with Crippen molar-refractivity contribution in [2.75, 3.05) is 12.4 Å². The molecule has 0 heterocycles. The number of ether oxygens (including phenoxy) is 1. The first-order valence-corrected chi connectivity index (χ1v) is 10.6. The predicted octanol–water partition coefficient (Wildman–Crippen LogP) is 3.87. The number of amides is 1. The van der Waals surface area contributed by atoms with Gasteiger partial charge in [0.2, 0.25) is 10.0 Å². The van der Waals surface area contributed by atoms with Gasteiger partial charge in [0, 0.05) is 5.69 Å². The molecule has 0 bridgehead atoms. The maximum atomic E-state index is 13.0. The van der Waals surface area contributed by atoms with Crippen molar-refractivity contribution < 1.29 is 22.3 Å². The molecule has 0 aliphatic heterocycles. The molecule has 1 amide bonds. The third-order valence-electron chi connectivity index (χ3n) is 4.44. The Kier molecular flexibility index (Phi) is 6.49. The fourth-order valence-corrected chi connectivity index (χ4v) is 3.79. The largest absolute Gasteiger partial charge is 0.488 e. The number of para-hydroxylation sites is 1. The van der Waals surface area contributed by atoms with Crippen LogP contribution in [-0.4, -0.2) is 21.4 Å². The molecule has 156 valence electrons. The Labute approximate surface area is 174 Å². The van der Waals surface area contributed by atoms with Crippen LogP contribution in [0.5, 0.6) is 5.75 Å². The molecule has 2 N–H and O–H groups in total. The third-order valence-corrected chi connectivity index (χ3v) is 6.00. The lowest BCUT2D eigenvalue weighted by Crippen LogP contribution is -2.20. The number of halogens is 1. The second kappa shape index (κ2) is 9.06. The Bertz CT molecular complexity index is 1160. The molecule has 0 fully saturated rings. The molecular formula is C22H21FN2O4S. The number of benzene rings is 3. The SMILES string of the molecule is CNS(=O)(=O)c1cc(NC(=O)c2ccccc2OCc2ccc(F)cc2)ccc1C. The summed E-state index contributed by atoms with van der Waals surface area (Å²) in [7, 11) is -2.33. The standard InChI is InChI=1S/C22H21FN2O4S/c1-15-7-12-18(13-21(15)30(27,28)24-2)25-22(26)19-5-3-4-6-20(19)29-14-16-8-10-17(23)11-9-16/h3-13,24H,14H2,1-2H3,(H,25,26). The fraction of sp³-hybridized carbons (Fsp3) is 0.136. The number of anilines is 1. The van der Waals surface area contributed by atoms with Crippen LogP contribution < -0.4 is 14.8 Å². The quantitative estimate of drug-likeness (QED) is 0.598. The van der Waals surface area contributed by atoms with Crippen molar-refractivity contribution in [3.05, 3.63) is 89.2 Å². The molecular weight excluding hydrogens is 407 g/mol. The lowest BCUT2D eigenvalue weighted by atomic mass is 10.1. The minimum Gasteiger partial charge on any atom is -0.488 e. The summed E-state index contributed by atoms with van der Waals surface area (Å²) in [6.07, 6.45) is 0. The van der Waals surface area contributed by atoms with Crippen LogP contribution in [0.15, 0.2) is 71.6 Å². The van der Waals surface area contributed by atoms with Crippen LogP contribution in [0.4, 0.5) is 10.1 Å². The van der Waals surface area contributed by atoms with Crippen molar-refractivity contribution in [3.63, 3.8) is 0 Å². The highest BCUT2D eigenvalue weighted by Crippen LogP contribution is 2.23. The summed E-state index contributed by atoms with van der Waals surface area (Å²) in [4.78, 5) is 12.9. The second-order valence-electron chi connectivity index (χ2n) is 6.55. The monoisotopic (exact) mass is 428 g/mol. The lowest BCUT2D eigenvalue weighted by Gasteiger charge is -2.13. The number of nitrogens with one attached hydrogen (secondary N) is 2. The maximum absolute atomic E-state index is 13.0. The highest BCUT2D eigenvalue weighted by molar-refractivity contribution is 7.89. The van der Waals surface area contributed by atoms with Gasteiger partial charge in [0.25, 0.3) is 5.91 Å². The van der Waals surface area contributed by atoms with Crippen molar-refractivity contribution >= 4 is 21.6 Å².